The molecule has 0 atom stereocenters. The summed E-state index contributed by atoms with van der Waals surface area (Å²) in [6, 6.07) is 5.51. The highest BCUT2D eigenvalue weighted by molar-refractivity contribution is 5.76. The molecule has 0 aliphatic heterocycles. The number of benzene rings is 1. The molecular formula is C13H20N2O3. The highest BCUT2D eigenvalue weighted by atomic mass is 16.5. The molecule has 1 aromatic rings. The Hall–Kier alpha value is -1.91. The molecule has 0 unspecified atom stereocenters. The van der Waals surface area contributed by atoms with Crippen molar-refractivity contribution in [1.29, 1.82) is 0 Å². The number of anilines is 1. The third-order valence-electron chi connectivity index (χ3n) is 2.45. The van der Waals surface area contributed by atoms with Crippen molar-refractivity contribution in [2.24, 2.45) is 0 Å². The second-order valence-corrected chi connectivity index (χ2v) is 3.70. The highest BCUT2D eigenvalue weighted by Crippen LogP contribution is 2.28. The van der Waals surface area contributed by atoms with Crippen LogP contribution in [0.2, 0.25) is 0 Å². The topological polar surface area (TPSA) is 59.6 Å². The van der Waals surface area contributed by atoms with E-state index in [1.807, 2.05) is 19.1 Å². The molecule has 0 aliphatic rings. The Labute approximate surface area is 107 Å². The van der Waals surface area contributed by atoms with Gasteiger partial charge in [-0.05, 0) is 19.1 Å². The van der Waals surface area contributed by atoms with Gasteiger partial charge in [0.15, 0.2) is 0 Å². The summed E-state index contributed by atoms with van der Waals surface area (Å²) in [5.41, 5.74) is 0.850. The van der Waals surface area contributed by atoms with E-state index in [1.54, 1.807) is 20.3 Å². The van der Waals surface area contributed by atoms with Gasteiger partial charge in [0.1, 0.15) is 11.5 Å². The monoisotopic (exact) mass is 252 g/mol. The van der Waals surface area contributed by atoms with Crippen molar-refractivity contribution in [3.63, 3.8) is 0 Å². The molecule has 0 spiro atoms. The molecule has 0 heterocycles. The number of carbonyl (C=O) groups is 1. The average Bonchev–Trinajstić information content (AvgIpc) is 2.39. The van der Waals surface area contributed by atoms with Gasteiger partial charge in [0.2, 0.25) is 5.91 Å². The molecule has 0 radical (unpaired) electrons. The van der Waals surface area contributed by atoms with Gasteiger partial charge >= 0.3 is 0 Å². The molecular weight excluding hydrogens is 232 g/mol. The molecule has 0 saturated carbocycles. The summed E-state index contributed by atoms with van der Waals surface area (Å²) in [7, 11) is 3.21. The van der Waals surface area contributed by atoms with Gasteiger partial charge in [-0.1, -0.05) is 0 Å². The highest BCUT2D eigenvalue weighted by Gasteiger charge is 2.05. The van der Waals surface area contributed by atoms with Gasteiger partial charge in [0.25, 0.3) is 0 Å². The minimum absolute atomic E-state index is 0.0393. The molecule has 18 heavy (non-hydrogen) atoms. The zero-order valence-electron chi connectivity index (χ0n) is 11.1. The average molecular weight is 252 g/mol. The van der Waals surface area contributed by atoms with E-state index in [4.69, 9.17) is 9.47 Å². The fourth-order valence-corrected chi connectivity index (χ4v) is 1.54. The Morgan fingerprint density at radius 3 is 2.67 bits per heavy atom. The molecule has 0 saturated heterocycles. The molecule has 1 rings (SSSR count). The number of hydrogen-bond donors (Lipinski definition) is 2. The number of ether oxygens (including phenoxy) is 2. The Balaban J connectivity index is 2.53. The first-order chi connectivity index (χ1) is 8.71. The van der Waals surface area contributed by atoms with Crippen molar-refractivity contribution in [2.75, 3.05) is 32.6 Å². The van der Waals surface area contributed by atoms with Crippen molar-refractivity contribution in [3.8, 4) is 11.5 Å². The lowest BCUT2D eigenvalue weighted by molar-refractivity contribution is -0.120. The predicted molar refractivity (Wildman–Crippen MR) is 71.3 cm³/mol. The second kappa shape index (κ2) is 7.42. The quantitative estimate of drug-likeness (QED) is 0.774. The van der Waals surface area contributed by atoms with Crippen LogP contribution in [0, 0.1) is 0 Å². The minimum atomic E-state index is 0.0393. The van der Waals surface area contributed by atoms with Gasteiger partial charge in [-0.15, -0.1) is 0 Å². The minimum Gasteiger partial charge on any atom is -0.497 e. The second-order valence-electron chi connectivity index (χ2n) is 3.70. The number of carbonyl (C=O) groups excluding carboxylic acids is 1. The molecule has 100 valence electrons. The fourth-order valence-electron chi connectivity index (χ4n) is 1.54. The van der Waals surface area contributed by atoms with E-state index in [2.05, 4.69) is 10.6 Å². The Morgan fingerprint density at radius 2 is 2.06 bits per heavy atom. The van der Waals surface area contributed by atoms with Crippen LogP contribution >= 0.6 is 0 Å². The van der Waals surface area contributed by atoms with Crippen LogP contribution in [-0.2, 0) is 4.79 Å². The third kappa shape index (κ3) is 4.16. The molecule has 0 bridgehead atoms. The van der Waals surface area contributed by atoms with E-state index in [1.165, 1.54) is 0 Å². The summed E-state index contributed by atoms with van der Waals surface area (Å²) >= 11 is 0. The van der Waals surface area contributed by atoms with E-state index in [-0.39, 0.29) is 5.91 Å². The lowest BCUT2D eigenvalue weighted by Crippen LogP contribution is -2.24. The van der Waals surface area contributed by atoms with Crippen LogP contribution in [0.3, 0.4) is 0 Å². The van der Waals surface area contributed by atoms with Gasteiger partial charge in [0, 0.05) is 25.6 Å². The molecule has 1 aromatic carbocycles. The van der Waals surface area contributed by atoms with Crippen molar-refractivity contribution in [2.45, 2.75) is 13.3 Å². The number of nitrogens with one attached hydrogen (secondary N) is 2. The SMILES string of the molecule is CCNC(=O)CCNc1ccc(OC)cc1OC. The molecule has 0 aromatic heterocycles. The van der Waals surface area contributed by atoms with Crippen molar-refractivity contribution >= 4 is 11.6 Å². The fraction of sp³-hybridized carbons (Fsp3) is 0.462. The number of methoxy groups -OCH3 is 2. The van der Waals surface area contributed by atoms with Crippen molar-refractivity contribution in [1.82, 2.24) is 5.32 Å². The van der Waals surface area contributed by atoms with Crippen LogP contribution in [0.15, 0.2) is 18.2 Å². The normalized spacial score (nSPS) is 9.72. The lowest BCUT2D eigenvalue weighted by Gasteiger charge is -2.12. The first-order valence-corrected chi connectivity index (χ1v) is 5.93. The lowest BCUT2D eigenvalue weighted by atomic mass is 10.2. The van der Waals surface area contributed by atoms with Crippen molar-refractivity contribution < 1.29 is 14.3 Å². The number of amides is 1. The smallest absolute Gasteiger partial charge is 0.221 e. The summed E-state index contributed by atoms with van der Waals surface area (Å²) in [5, 5.41) is 5.91. The molecule has 1 amide bonds. The summed E-state index contributed by atoms with van der Waals surface area (Å²) in [6.07, 6.45) is 0.434. The molecule has 5 nitrogen and oxygen atoms in total. The standard InChI is InChI=1S/C13H20N2O3/c1-4-14-13(16)7-8-15-11-6-5-10(17-2)9-12(11)18-3/h5-6,9,15H,4,7-8H2,1-3H3,(H,14,16). The summed E-state index contributed by atoms with van der Waals surface area (Å²) in [5.74, 6) is 1.48. The van der Waals surface area contributed by atoms with Crippen LogP contribution in [0.5, 0.6) is 11.5 Å². The van der Waals surface area contributed by atoms with E-state index < -0.39 is 0 Å². The maximum atomic E-state index is 11.3. The molecule has 0 aliphatic carbocycles. The van der Waals surface area contributed by atoms with Gasteiger partial charge in [0.05, 0.1) is 19.9 Å². The Kier molecular flexibility index (Phi) is 5.84. The van der Waals surface area contributed by atoms with Gasteiger partial charge in [-0.3, -0.25) is 4.79 Å². The zero-order valence-corrected chi connectivity index (χ0v) is 11.1. The first kappa shape index (κ1) is 14.2. The van der Waals surface area contributed by atoms with E-state index in [9.17, 15) is 4.79 Å². The van der Waals surface area contributed by atoms with Crippen molar-refractivity contribution in [3.05, 3.63) is 18.2 Å². The van der Waals surface area contributed by atoms with Gasteiger partial charge in [-0.25, -0.2) is 0 Å². The van der Waals surface area contributed by atoms with E-state index in [0.29, 0.717) is 25.3 Å². The summed E-state index contributed by atoms with van der Waals surface area (Å²) in [4.78, 5) is 11.3. The van der Waals surface area contributed by atoms with Crippen LogP contribution in [0.1, 0.15) is 13.3 Å². The van der Waals surface area contributed by atoms with E-state index in [0.717, 1.165) is 11.4 Å². The predicted octanol–water partition coefficient (Wildman–Crippen LogP) is 1.64. The van der Waals surface area contributed by atoms with Crippen LogP contribution in [0.25, 0.3) is 0 Å². The molecule has 5 heteroatoms. The Bertz CT molecular complexity index is 394. The first-order valence-electron chi connectivity index (χ1n) is 5.93. The Morgan fingerprint density at radius 1 is 1.28 bits per heavy atom. The molecule has 2 N–H and O–H groups in total. The molecule has 0 fully saturated rings. The summed E-state index contributed by atoms with van der Waals surface area (Å²) < 4.78 is 10.4. The largest absolute Gasteiger partial charge is 0.497 e. The number of hydrogen-bond acceptors (Lipinski definition) is 4. The third-order valence-corrected chi connectivity index (χ3v) is 2.45. The van der Waals surface area contributed by atoms with Gasteiger partial charge in [-0.2, -0.15) is 0 Å². The maximum absolute atomic E-state index is 11.3. The maximum Gasteiger partial charge on any atom is 0.221 e. The zero-order chi connectivity index (χ0) is 13.4. The van der Waals surface area contributed by atoms with Gasteiger partial charge < -0.3 is 20.1 Å². The van der Waals surface area contributed by atoms with Crippen LogP contribution < -0.4 is 20.1 Å². The van der Waals surface area contributed by atoms with Crippen LogP contribution in [0.4, 0.5) is 5.69 Å². The number of rotatable bonds is 7. The summed E-state index contributed by atoms with van der Waals surface area (Å²) in [6.45, 7) is 3.12. The van der Waals surface area contributed by atoms with Crippen LogP contribution in [-0.4, -0.2) is 33.2 Å². The van der Waals surface area contributed by atoms with E-state index >= 15 is 0 Å².